The van der Waals surface area contributed by atoms with Crippen molar-refractivity contribution in [1.29, 1.82) is 0 Å². The zero-order valence-electron chi connectivity index (χ0n) is 15.4. The molecule has 0 atom stereocenters. The van der Waals surface area contributed by atoms with Gasteiger partial charge in [-0.15, -0.1) is 0 Å². The molecule has 1 heterocycles. The second kappa shape index (κ2) is 8.93. The highest BCUT2D eigenvalue weighted by molar-refractivity contribution is 7.89. The number of nitrogens with zero attached hydrogens (tertiary/aromatic N) is 2. The van der Waals surface area contributed by atoms with E-state index in [-0.39, 0.29) is 0 Å². The Labute approximate surface area is 171 Å². The maximum Gasteiger partial charge on any atom is 0.243 e. The van der Waals surface area contributed by atoms with E-state index in [9.17, 15) is 8.42 Å². The molecular formula is C20H24Cl2N2O2S. The van der Waals surface area contributed by atoms with Gasteiger partial charge >= 0.3 is 0 Å². The van der Waals surface area contributed by atoms with Gasteiger partial charge in [-0.2, -0.15) is 4.31 Å². The summed E-state index contributed by atoms with van der Waals surface area (Å²) in [5.74, 6) is 0. The Morgan fingerprint density at radius 3 is 2.07 bits per heavy atom. The van der Waals surface area contributed by atoms with Crippen molar-refractivity contribution in [3.8, 4) is 0 Å². The number of sulfonamides is 1. The third-order valence-corrected chi connectivity index (χ3v) is 7.50. The second-order valence-electron chi connectivity index (χ2n) is 6.77. The van der Waals surface area contributed by atoms with Crippen molar-refractivity contribution >= 4 is 33.2 Å². The van der Waals surface area contributed by atoms with Crippen molar-refractivity contribution < 1.29 is 8.42 Å². The standard InChI is InChI=1S/C20H24Cl2N2O2S/c1-2-4-16-7-9-17(10-8-16)27(25,26)24-13-11-23(12-14-24)15-18-19(21)5-3-6-20(18)22/h3,5-10H,2,4,11-15H2,1H3. The van der Waals surface area contributed by atoms with Crippen LogP contribution in [0.2, 0.25) is 10.0 Å². The van der Waals surface area contributed by atoms with Crippen LogP contribution in [0.25, 0.3) is 0 Å². The number of hydrogen-bond donors (Lipinski definition) is 0. The van der Waals surface area contributed by atoms with Crippen molar-refractivity contribution in [3.05, 3.63) is 63.6 Å². The lowest BCUT2D eigenvalue weighted by molar-refractivity contribution is 0.181. The van der Waals surface area contributed by atoms with Gasteiger partial charge in [-0.1, -0.05) is 54.7 Å². The minimum atomic E-state index is -3.45. The highest BCUT2D eigenvalue weighted by Gasteiger charge is 2.28. The van der Waals surface area contributed by atoms with Crippen LogP contribution in [0.4, 0.5) is 0 Å². The van der Waals surface area contributed by atoms with Gasteiger partial charge in [-0.25, -0.2) is 8.42 Å². The minimum Gasteiger partial charge on any atom is -0.296 e. The van der Waals surface area contributed by atoms with E-state index in [0.717, 1.165) is 24.0 Å². The fourth-order valence-corrected chi connectivity index (χ4v) is 5.24. The summed E-state index contributed by atoms with van der Waals surface area (Å²) in [7, 11) is -3.45. The zero-order valence-corrected chi connectivity index (χ0v) is 17.7. The molecule has 0 N–H and O–H groups in total. The molecule has 0 aromatic heterocycles. The minimum absolute atomic E-state index is 0.366. The fraction of sp³-hybridized carbons (Fsp3) is 0.400. The van der Waals surface area contributed by atoms with Gasteiger partial charge < -0.3 is 0 Å². The van der Waals surface area contributed by atoms with Gasteiger partial charge in [0.05, 0.1) is 4.90 Å². The molecule has 1 aliphatic rings. The fourth-order valence-electron chi connectivity index (χ4n) is 3.30. The maximum atomic E-state index is 12.9. The number of hydrogen-bond acceptors (Lipinski definition) is 3. The van der Waals surface area contributed by atoms with E-state index in [1.807, 2.05) is 30.3 Å². The molecule has 0 bridgehead atoms. The van der Waals surface area contributed by atoms with E-state index < -0.39 is 10.0 Å². The van der Waals surface area contributed by atoms with Crippen LogP contribution in [0.1, 0.15) is 24.5 Å². The van der Waals surface area contributed by atoms with Crippen LogP contribution in [0.5, 0.6) is 0 Å². The Morgan fingerprint density at radius 1 is 0.926 bits per heavy atom. The van der Waals surface area contributed by atoms with E-state index in [1.54, 1.807) is 16.4 Å². The molecule has 0 radical (unpaired) electrons. The normalized spacial score (nSPS) is 16.6. The summed E-state index contributed by atoms with van der Waals surface area (Å²) in [6.07, 6.45) is 2.01. The molecule has 1 fully saturated rings. The number of aryl methyl sites for hydroxylation is 1. The summed E-state index contributed by atoms with van der Waals surface area (Å²) in [4.78, 5) is 2.55. The zero-order chi connectivity index (χ0) is 19.4. The first kappa shape index (κ1) is 20.6. The lowest BCUT2D eigenvalue weighted by Gasteiger charge is -2.34. The van der Waals surface area contributed by atoms with E-state index in [0.29, 0.717) is 47.7 Å². The Kier molecular flexibility index (Phi) is 6.82. The number of benzene rings is 2. The summed E-state index contributed by atoms with van der Waals surface area (Å²) >= 11 is 12.5. The first-order valence-corrected chi connectivity index (χ1v) is 11.4. The van der Waals surface area contributed by atoms with E-state index in [1.165, 1.54) is 0 Å². The first-order chi connectivity index (χ1) is 12.9. The number of rotatable bonds is 6. The average molecular weight is 427 g/mol. The SMILES string of the molecule is CCCc1ccc(S(=O)(=O)N2CCN(Cc3c(Cl)cccc3Cl)CC2)cc1. The molecule has 1 saturated heterocycles. The van der Waals surface area contributed by atoms with Crippen LogP contribution in [-0.2, 0) is 23.0 Å². The van der Waals surface area contributed by atoms with Crippen molar-refractivity contribution in [3.63, 3.8) is 0 Å². The summed E-state index contributed by atoms with van der Waals surface area (Å²) in [5, 5.41) is 1.29. The molecular weight excluding hydrogens is 403 g/mol. The van der Waals surface area contributed by atoms with E-state index in [4.69, 9.17) is 23.2 Å². The molecule has 3 rings (SSSR count). The Bertz CT molecular complexity index is 857. The molecule has 27 heavy (non-hydrogen) atoms. The van der Waals surface area contributed by atoms with Gasteiger partial charge in [-0.3, -0.25) is 4.90 Å². The molecule has 0 unspecified atom stereocenters. The van der Waals surface area contributed by atoms with Gasteiger partial charge in [0.1, 0.15) is 0 Å². The third kappa shape index (κ3) is 4.84. The number of halogens is 2. The molecule has 7 heteroatoms. The lowest BCUT2D eigenvalue weighted by atomic mass is 10.1. The molecule has 0 amide bonds. The van der Waals surface area contributed by atoms with Crippen molar-refractivity contribution in [2.24, 2.45) is 0 Å². The molecule has 146 valence electrons. The van der Waals surface area contributed by atoms with Crippen molar-refractivity contribution in [2.75, 3.05) is 26.2 Å². The monoisotopic (exact) mass is 426 g/mol. The number of piperazine rings is 1. The highest BCUT2D eigenvalue weighted by Crippen LogP contribution is 2.26. The highest BCUT2D eigenvalue weighted by atomic mass is 35.5. The smallest absolute Gasteiger partial charge is 0.243 e. The van der Waals surface area contributed by atoms with Crippen molar-refractivity contribution in [2.45, 2.75) is 31.2 Å². The van der Waals surface area contributed by atoms with Crippen LogP contribution in [-0.4, -0.2) is 43.8 Å². The molecule has 2 aromatic rings. The Balaban J connectivity index is 1.64. The summed E-state index contributed by atoms with van der Waals surface area (Å²) in [5.41, 5.74) is 2.06. The predicted molar refractivity (Wildman–Crippen MR) is 111 cm³/mol. The van der Waals surface area contributed by atoms with Crippen LogP contribution in [0.15, 0.2) is 47.4 Å². The molecule has 4 nitrogen and oxygen atoms in total. The van der Waals surface area contributed by atoms with Crippen LogP contribution in [0, 0.1) is 0 Å². The van der Waals surface area contributed by atoms with Gasteiger partial charge in [0.25, 0.3) is 0 Å². The van der Waals surface area contributed by atoms with Crippen LogP contribution < -0.4 is 0 Å². The molecule has 0 saturated carbocycles. The first-order valence-electron chi connectivity index (χ1n) is 9.16. The molecule has 0 spiro atoms. The third-order valence-electron chi connectivity index (χ3n) is 4.87. The van der Waals surface area contributed by atoms with E-state index >= 15 is 0 Å². The summed E-state index contributed by atoms with van der Waals surface area (Å²) < 4.78 is 27.4. The van der Waals surface area contributed by atoms with Gasteiger partial charge in [0.15, 0.2) is 0 Å². The van der Waals surface area contributed by atoms with Gasteiger partial charge in [0, 0.05) is 48.3 Å². The Morgan fingerprint density at radius 2 is 1.52 bits per heavy atom. The van der Waals surface area contributed by atoms with E-state index in [2.05, 4.69) is 11.8 Å². The van der Waals surface area contributed by atoms with Gasteiger partial charge in [0.2, 0.25) is 10.0 Å². The van der Waals surface area contributed by atoms with Crippen molar-refractivity contribution in [1.82, 2.24) is 9.21 Å². The molecule has 0 aliphatic carbocycles. The largest absolute Gasteiger partial charge is 0.296 e. The summed E-state index contributed by atoms with van der Waals surface area (Å²) in [6.45, 7) is 4.95. The molecule has 2 aromatic carbocycles. The van der Waals surface area contributed by atoms with Crippen LogP contribution >= 0.6 is 23.2 Å². The predicted octanol–water partition coefficient (Wildman–Crippen LogP) is 4.45. The summed E-state index contributed by atoms with van der Waals surface area (Å²) in [6, 6.07) is 12.7. The van der Waals surface area contributed by atoms with Crippen LogP contribution in [0.3, 0.4) is 0 Å². The molecule has 1 aliphatic heterocycles. The Hall–Kier alpha value is -1.11. The maximum absolute atomic E-state index is 12.9. The second-order valence-corrected chi connectivity index (χ2v) is 9.53. The average Bonchev–Trinajstić information content (AvgIpc) is 2.66. The topological polar surface area (TPSA) is 40.6 Å². The lowest BCUT2D eigenvalue weighted by Crippen LogP contribution is -2.48. The quantitative estimate of drug-likeness (QED) is 0.684. The van der Waals surface area contributed by atoms with Gasteiger partial charge in [-0.05, 0) is 36.2 Å².